The third-order valence-corrected chi connectivity index (χ3v) is 6.56. The van der Waals surface area contributed by atoms with Crippen LogP contribution >= 0.6 is 11.6 Å². The van der Waals surface area contributed by atoms with Crippen molar-refractivity contribution in [1.29, 1.82) is 0 Å². The van der Waals surface area contributed by atoms with Gasteiger partial charge in [0.05, 0.1) is 23.7 Å². The molecule has 3 heterocycles. The Labute approximate surface area is 181 Å². The summed E-state index contributed by atoms with van der Waals surface area (Å²) in [6, 6.07) is 1.78. The van der Waals surface area contributed by atoms with Crippen LogP contribution in [0.15, 0.2) is 18.5 Å². The summed E-state index contributed by atoms with van der Waals surface area (Å²) >= 11 is 6.44. The van der Waals surface area contributed by atoms with Crippen molar-refractivity contribution in [3.05, 3.63) is 29.2 Å². The van der Waals surface area contributed by atoms with Gasteiger partial charge >= 0.3 is 5.97 Å². The quantitative estimate of drug-likeness (QED) is 0.717. The van der Waals surface area contributed by atoms with Crippen LogP contribution in [0, 0.1) is 10.8 Å². The van der Waals surface area contributed by atoms with Gasteiger partial charge in [-0.1, -0.05) is 38.3 Å². The van der Waals surface area contributed by atoms with Crippen LogP contribution < -0.4 is 5.32 Å². The number of anilines is 1. The summed E-state index contributed by atoms with van der Waals surface area (Å²) in [5.74, 6) is -0.142. The molecule has 4 rings (SSSR count). The van der Waals surface area contributed by atoms with E-state index in [0.29, 0.717) is 23.7 Å². The fraction of sp³-hybridized carbons (Fsp3) is 0.545. The van der Waals surface area contributed by atoms with E-state index in [1.54, 1.807) is 12.3 Å². The Morgan fingerprint density at radius 3 is 2.67 bits per heavy atom. The van der Waals surface area contributed by atoms with E-state index in [2.05, 4.69) is 29.2 Å². The molecule has 0 saturated heterocycles. The van der Waals surface area contributed by atoms with Gasteiger partial charge in [0.25, 0.3) is 0 Å². The monoisotopic (exact) mass is 430 g/mol. The molecule has 30 heavy (non-hydrogen) atoms. The lowest BCUT2D eigenvalue weighted by atomic mass is 9.82. The van der Waals surface area contributed by atoms with Gasteiger partial charge in [-0.3, -0.25) is 14.3 Å². The first-order chi connectivity index (χ1) is 14.2. The number of rotatable bonds is 5. The minimum absolute atomic E-state index is 0.0939. The summed E-state index contributed by atoms with van der Waals surface area (Å²) in [5.41, 5.74) is 2.32. The molecule has 1 amide bonds. The molecule has 0 unspecified atom stereocenters. The maximum atomic E-state index is 12.7. The second-order valence-electron chi connectivity index (χ2n) is 9.26. The van der Waals surface area contributed by atoms with E-state index in [1.165, 1.54) is 7.11 Å². The molecule has 1 saturated carbocycles. The number of methoxy groups -OCH3 is 1. The van der Waals surface area contributed by atoms with Gasteiger partial charge in [-0.2, -0.15) is 5.10 Å². The molecule has 2 aliphatic rings. The van der Waals surface area contributed by atoms with Gasteiger partial charge in [-0.15, -0.1) is 0 Å². The van der Waals surface area contributed by atoms with Crippen LogP contribution in [0.1, 0.15) is 51.6 Å². The third-order valence-electron chi connectivity index (χ3n) is 6.26. The zero-order chi connectivity index (χ0) is 21.5. The first kappa shape index (κ1) is 20.8. The number of esters is 1. The van der Waals surface area contributed by atoms with Crippen molar-refractivity contribution in [3.8, 4) is 11.1 Å². The molecule has 0 aromatic carbocycles. The number of halogens is 1. The average Bonchev–Trinajstić information content (AvgIpc) is 3.37. The number of nitrogens with zero attached hydrogens (tertiary/aromatic N) is 3. The molecule has 0 radical (unpaired) electrons. The molecule has 1 N–H and O–H groups in total. The van der Waals surface area contributed by atoms with Crippen molar-refractivity contribution < 1.29 is 14.3 Å². The normalized spacial score (nSPS) is 18.8. The van der Waals surface area contributed by atoms with Crippen LogP contribution in [0.5, 0.6) is 0 Å². The van der Waals surface area contributed by atoms with Gasteiger partial charge in [0, 0.05) is 36.0 Å². The molecule has 0 bridgehead atoms. The number of hydrogen-bond acceptors (Lipinski definition) is 5. The number of carbonyl (C=O) groups excluding carboxylic acids is 2. The van der Waals surface area contributed by atoms with Gasteiger partial charge in [0.15, 0.2) is 0 Å². The molecule has 1 aliphatic carbocycles. The van der Waals surface area contributed by atoms with Crippen molar-refractivity contribution in [1.82, 2.24) is 14.8 Å². The molecule has 8 heteroatoms. The van der Waals surface area contributed by atoms with Crippen LogP contribution in [-0.4, -0.2) is 33.8 Å². The number of aromatic nitrogens is 3. The summed E-state index contributed by atoms with van der Waals surface area (Å²) in [6.07, 6.45) is 7.56. The Bertz CT molecular complexity index is 992. The lowest BCUT2D eigenvalue weighted by molar-refractivity contribution is -0.154. The zero-order valence-corrected chi connectivity index (χ0v) is 18.4. The molecular weight excluding hydrogens is 404 g/mol. The van der Waals surface area contributed by atoms with Crippen molar-refractivity contribution in [2.75, 3.05) is 12.4 Å². The molecule has 160 valence electrons. The highest BCUT2D eigenvalue weighted by atomic mass is 35.5. The Morgan fingerprint density at radius 2 is 1.97 bits per heavy atom. The maximum Gasteiger partial charge on any atom is 0.312 e. The standard InChI is InChI=1S/C22H27ClN4O3/c1-21(2)9-17-15(11-25-27(17)13-21)14-8-18(24-12-16(14)23)26-19(28)10-22(20(29)30-3)6-4-5-7-22/h8,11-12H,4-7,9-10,13H2,1-3H3,(H,24,26,28). The van der Waals surface area contributed by atoms with Gasteiger partial charge < -0.3 is 10.1 Å². The molecule has 2 aromatic heterocycles. The predicted octanol–water partition coefficient (Wildman–Crippen LogP) is 4.24. The second-order valence-corrected chi connectivity index (χ2v) is 9.66. The molecule has 0 atom stereocenters. The van der Waals surface area contributed by atoms with Gasteiger partial charge in [-0.25, -0.2) is 4.98 Å². The summed E-state index contributed by atoms with van der Waals surface area (Å²) in [5, 5.41) is 7.86. The van der Waals surface area contributed by atoms with Gasteiger partial charge in [0.1, 0.15) is 5.82 Å². The molecule has 7 nitrogen and oxygen atoms in total. The van der Waals surface area contributed by atoms with E-state index >= 15 is 0 Å². The zero-order valence-electron chi connectivity index (χ0n) is 17.6. The van der Waals surface area contributed by atoms with Gasteiger partial charge in [0.2, 0.25) is 5.91 Å². The molecular formula is C22H27ClN4O3. The highest BCUT2D eigenvalue weighted by molar-refractivity contribution is 6.33. The molecule has 1 aliphatic heterocycles. The number of amides is 1. The van der Waals surface area contributed by atoms with E-state index in [1.807, 2.05) is 10.9 Å². The van der Waals surface area contributed by atoms with Crippen molar-refractivity contribution in [2.45, 2.75) is 58.9 Å². The Morgan fingerprint density at radius 1 is 1.23 bits per heavy atom. The topological polar surface area (TPSA) is 86.1 Å². The SMILES string of the molecule is COC(=O)C1(CC(=O)Nc2cc(-c3cnn4c3CC(C)(C)C4)c(Cl)cn2)CCCC1. The highest BCUT2D eigenvalue weighted by Gasteiger charge is 2.44. The minimum atomic E-state index is -0.729. The number of ether oxygens (including phenoxy) is 1. The second kappa shape index (κ2) is 7.69. The first-order valence-corrected chi connectivity index (χ1v) is 10.7. The maximum absolute atomic E-state index is 12.7. The minimum Gasteiger partial charge on any atom is -0.469 e. The third kappa shape index (κ3) is 3.83. The van der Waals surface area contributed by atoms with E-state index in [0.717, 1.165) is 42.6 Å². The van der Waals surface area contributed by atoms with E-state index in [9.17, 15) is 9.59 Å². The van der Waals surface area contributed by atoms with E-state index < -0.39 is 5.41 Å². The van der Waals surface area contributed by atoms with Gasteiger partial charge in [-0.05, 0) is 30.7 Å². The summed E-state index contributed by atoms with van der Waals surface area (Å²) < 4.78 is 6.99. The average molecular weight is 431 g/mol. The van der Waals surface area contributed by atoms with Crippen LogP contribution in [-0.2, 0) is 27.3 Å². The van der Waals surface area contributed by atoms with Crippen molar-refractivity contribution in [3.63, 3.8) is 0 Å². The summed E-state index contributed by atoms with van der Waals surface area (Å²) in [7, 11) is 1.37. The lowest BCUT2D eigenvalue weighted by Crippen LogP contribution is -2.34. The number of fused-ring (bicyclic) bond motifs is 1. The predicted molar refractivity (Wildman–Crippen MR) is 114 cm³/mol. The van der Waals surface area contributed by atoms with Crippen LogP contribution in [0.3, 0.4) is 0 Å². The summed E-state index contributed by atoms with van der Waals surface area (Å²) in [6.45, 7) is 5.29. The fourth-order valence-corrected chi connectivity index (χ4v) is 5.01. The number of nitrogens with one attached hydrogen (secondary N) is 1. The van der Waals surface area contributed by atoms with Crippen molar-refractivity contribution >= 4 is 29.3 Å². The number of hydrogen-bond donors (Lipinski definition) is 1. The molecule has 0 spiro atoms. The largest absolute Gasteiger partial charge is 0.469 e. The first-order valence-electron chi connectivity index (χ1n) is 10.3. The van der Waals surface area contributed by atoms with Crippen LogP contribution in [0.25, 0.3) is 11.1 Å². The van der Waals surface area contributed by atoms with Crippen LogP contribution in [0.2, 0.25) is 5.02 Å². The summed E-state index contributed by atoms with van der Waals surface area (Å²) in [4.78, 5) is 29.3. The highest BCUT2D eigenvalue weighted by Crippen LogP contribution is 2.43. The smallest absolute Gasteiger partial charge is 0.312 e. The van der Waals surface area contributed by atoms with Crippen molar-refractivity contribution in [2.24, 2.45) is 10.8 Å². The van der Waals surface area contributed by atoms with E-state index in [-0.39, 0.29) is 23.7 Å². The molecule has 1 fully saturated rings. The lowest BCUT2D eigenvalue weighted by Gasteiger charge is -2.24. The number of carbonyl (C=O) groups is 2. The van der Waals surface area contributed by atoms with Crippen LogP contribution in [0.4, 0.5) is 5.82 Å². The fourth-order valence-electron chi connectivity index (χ4n) is 4.80. The van der Waals surface area contributed by atoms with E-state index in [4.69, 9.17) is 16.3 Å². The molecule has 2 aromatic rings. The Balaban J connectivity index is 1.55. The Hall–Kier alpha value is -2.41. The Kier molecular flexibility index (Phi) is 5.34. The number of pyridine rings is 1.